The van der Waals surface area contributed by atoms with E-state index in [1.54, 1.807) is 0 Å². The van der Waals surface area contributed by atoms with Gasteiger partial charge in [0.05, 0.1) is 6.04 Å². The van der Waals surface area contributed by atoms with Crippen molar-refractivity contribution in [2.75, 3.05) is 45.8 Å². The fourth-order valence-corrected chi connectivity index (χ4v) is 3.45. The summed E-state index contributed by atoms with van der Waals surface area (Å²) < 4.78 is 7.43. The van der Waals surface area contributed by atoms with Gasteiger partial charge in [-0.05, 0) is 56.6 Å². The van der Waals surface area contributed by atoms with Crippen LogP contribution in [0.1, 0.15) is 38.1 Å². The highest BCUT2D eigenvalue weighted by Crippen LogP contribution is 2.37. The first-order valence-corrected chi connectivity index (χ1v) is 7.87. The van der Waals surface area contributed by atoms with Crippen LogP contribution in [0.25, 0.3) is 0 Å². The molecule has 0 spiro atoms. The van der Waals surface area contributed by atoms with E-state index < -0.39 is 0 Å². The minimum Gasteiger partial charge on any atom is -0.381 e. The second-order valence-electron chi connectivity index (χ2n) is 6.60. The average Bonchev–Trinajstić information content (AvgIpc) is 2.92. The van der Waals surface area contributed by atoms with Gasteiger partial charge in [-0.1, -0.05) is 5.10 Å². The summed E-state index contributed by atoms with van der Waals surface area (Å²) in [5.41, 5.74) is 0.279. The van der Waals surface area contributed by atoms with Crippen LogP contribution in [0.4, 0.5) is 5.95 Å². The van der Waals surface area contributed by atoms with Gasteiger partial charge in [0.1, 0.15) is 0 Å². The molecule has 0 aromatic carbocycles. The third-order valence-corrected chi connectivity index (χ3v) is 5.12. The maximum absolute atomic E-state index is 5.43. The van der Waals surface area contributed by atoms with Crippen LogP contribution < -0.4 is 4.90 Å². The van der Waals surface area contributed by atoms with Crippen molar-refractivity contribution in [2.45, 2.75) is 43.7 Å². The summed E-state index contributed by atoms with van der Waals surface area (Å²) in [4.78, 5) is 4.57. The van der Waals surface area contributed by atoms with Crippen LogP contribution in [0.3, 0.4) is 0 Å². The Morgan fingerprint density at radius 3 is 2.52 bits per heavy atom. The molecule has 0 atom stereocenters. The maximum atomic E-state index is 5.43. The highest BCUT2D eigenvalue weighted by atomic mass is 16.5. The number of ether oxygens (including phenoxy) is 1. The molecule has 21 heavy (non-hydrogen) atoms. The van der Waals surface area contributed by atoms with Gasteiger partial charge >= 0.3 is 0 Å². The number of rotatable bonds is 5. The zero-order valence-corrected chi connectivity index (χ0v) is 13.3. The van der Waals surface area contributed by atoms with E-state index in [1.807, 2.05) is 4.68 Å². The minimum atomic E-state index is 0.279. The van der Waals surface area contributed by atoms with Crippen molar-refractivity contribution in [3.8, 4) is 0 Å². The van der Waals surface area contributed by atoms with Crippen molar-refractivity contribution >= 4 is 5.95 Å². The van der Waals surface area contributed by atoms with Gasteiger partial charge in [0.2, 0.25) is 5.95 Å². The summed E-state index contributed by atoms with van der Waals surface area (Å²) in [6.45, 7) is 2.58. The van der Waals surface area contributed by atoms with Crippen molar-refractivity contribution in [3.63, 3.8) is 0 Å². The van der Waals surface area contributed by atoms with Gasteiger partial charge in [0, 0.05) is 32.3 Å². The molecule has 1 aromatic rings. The van der Waals surface area contributed by atoms with E-state index in [-0.39, 0.29) is 5.54 Å². The highest BCUT2D eigenvalue weighted by molar-refractivity contribution is 5.29. The molecule has 7 nitrogen and oxygen atoms in total. The Hall–Kier alpha value is -1.21. The number of hydrogen-bond acceptors (Lipinski definition) is 6. The van der Waals surface area contributed by atoms with Gasteiger partial charge < -0.3 is 14.5 Å². The third-order valence-electron chi connectivity index (χ3n) is 5.12. The molecule has 0 unspecified atom stereocenters. The highest BCUT2D eigenvalue weighted by Gasteiger charge is 2.40. The predicted octanol–water partition coefficient (Wildman–Crippen LogP) is 0.945. The summed E-state index contributed by atoms with van der Waals surface area (Å²) >= 11 is 0. The predicted molar refractivity (Wildman–Crippen MR) is 80.4 cm³/mol. The van der Waals surface area contributed by atoms with Crippen molar-refractivity contribution in [3.05, 3.63) is 0 Å². The van der Waals surface area contributed by atoms with Crippen LogP contribution in [0.5, 0.6) is 0 Å². The molecule has 1 saturated carbocycles. The Morgan fingerprint density at radius 1 is 1.24 bits per heavy atom. The molecule has 0 N–H and O–H groups in total. The van der Waals surface area contributed by atoms with E-state index in [0.29, 0.717) is 6.04 Å². The average molecular weight is 294 g/mol. The van der Waals surface area contributed by atoms with Gasteiger partial charge in [-0.25, -0.2) is 4.68 Å². The maximum Gasteiger partial charge on any atom is 0.245 e. The smallest absolute Gasteiger partial charge is 0.245 e. The zero-order chi connectivity index (χ0) is 14.9. The molecular weight excluding hydrogens is 268 g/mol. The van der Waals surface area contributed by atoms with Crippen molar-refractivity contribution in [1.29, 1.82) is 0 Å². The fraction of sp³-hybridized carbons (Fsp3) is 0.929. The van der Waals surface area contributed by atoms with Crippen molar-refractivity contribution < 1.29 is 4.74 Å². The molecule has 2 fully saturated rings. The molecule has 1 saturated heterocycles. The summed E-state index contributed by atoms with van der Waals surface area (Å²) in [6.07, 6.45) is 5.80. The van der Waals surface area contributed by atoms with E-state index in [9.17, 15) is 0 Å². The van der Waals surface area contributed by atoms with Crippen molar-refractivity contribution in [2.24, 2.45) is 0 Å². The molecule has 0 bridgehead atoms. The van der Waals surface area contributed by atoms with Crippen LogP contribution in [0.15, 0.2) is 0 Å². The Bertz CT molecular complexity index is 464. The molecular formula is C14H26N6O. The summed E-state index contributed by atoms with van der Waals surface area (Å²) in [7, 11) is 6.45. The van der Waals surface area contributed by atoms with Gasteiger partial charge in [0.25, 0.3) is 0 Å². The standard InChI is InChI=1S/C14H26N6O/c1-18(2)14(7-4-8-14)11-19(3)13-15-16-17-20(13)12-5-9-21-10-6-12/h12H,4-11H2,1-3H3. The summed E-state index contributed by atoms with van der Waals surface area (Å²) in [5.74, 6) is 0.884. The van der Waals surface area contributed by atoms with Gasteiger partial charge in [-0.3, -0.25) is 0 Å². The van der Waals surface area contributed by atoms with Crippen LogP contribution in [-0.2, 0) is 4.74 Å². The quantitative estimate of drug-likeness (QED) is 0.806. The number of aromatic nitrogens is 4. The van der Waals surface area contributed by atoms with E-state index in [1.165, 1.54) is 19.3 Å². The Morgan fingerprint density at radius 2 is 1.95 bits per heavy atom. The van der Waals surface area contributed by atoms with E-state index >= 15 is 0 Å². The lowest BCUT2D eigenvalue weighted by atomic mass is 9.75. The number of likely N-dealkylation sites (N-methyl/N-ethyl adjacent to an activating group) is 2. The molecule has 0 amide bonds. The van der Waals surface area contributed by atoms with Crippen LogP contribution in [0, 0.1) is 0 Å². The molecule has 3 rings (SSSR count). The van der Waals surface area contributed by atoms with Crippen LogP contribution >= 0.6 is 0 Å². The number of tetrazole rings is 1. The van der Waals surface area contributed by atoms with Crippen LogP contribution in [-0.4, -0.2) is 71.5 Å². The van der Waals surface area contributed by atoms with Gasteiger partial charge in [-0.2, -0.15) is 0 Å². The molecule has 2 heterocycles. The van der Waals surface area contributed by atoms with E-state index in [2.05, 4.69) is 46.5 Å². The SMILES string of the molecule is CN(CC1(N(C)C)CCC1)c1nnnn1C1CCOCC1. The van der Waals surface area contributed by atoms with E-state index in [0.717, 1.165) is 38.5 Å². The molecule has 1 aliphatic carbocycles. The Kier molecular flexibility index (Phi) is 4.12. The first-order valence-electron chi connectivity index (χ1n) is 7.87. The first-order chi connectivity index (χ1) is 10.1. The second kappa shape index (κ2) is 5.88. The second-order valence-corrected chi connectivity index (χ2v) is 6.60. The normalized spacial score (nSPS) is 22.3. The molecule has 0 radical (unpaired) electrons. The fourth-order valence-electron chi connectivity index (χ4n) is 3.45. The number of anilines is 1. The molecule has 7 heteroatoms. The topological polar surface area (TPSA) is 59.3 Å². The van der Waals surface area contributed by atoms with Gasteiger partial charge in [-0.15, -0.1) is 0 Å². The third kappa shape index (κ3) is 2.76. The Balaban J connectivity index is 1.73. The first kappa shape index (κ1) is 14.7. The molecule has 1 aromatic heterocycles. The van der Waals surface area contributed by atoms with Crippen molar-refractivity contribution in [1.82, 2.24) is 25.1 Å². The van der Waals surface area contributed by atoms with Crippen LogP contribution in [0.2, 0.25) is 0 Å². The number of hydrogen-bond donors (Lipinski definition) is 0. The monoisotopic (exact) mass is 294 g/mol. The minimum absolute atomic E-state index is 0.279. The lowest BCUT2D eigenvalue weighted by molar-refractivity contribution is 0.0627. The Labute approximate surface area is 126 Å². The zero-order valence-electron chi connectivity index (χ0n) is 13.3. The molecule has 2 aliphatic rings. The number of nitrogens with zero attached hydrogens (tertiary/aromatic N) is 6. The molecule has 1 aliphatic heterocycles. The lowest BCUT2D eigenvalue weighted by Crippen LogP contribution is -2.57. The van der Waals surface area contributed by atoms with E-state index in [4.69, 9.17) is 4.74 Å². The largest absolute Gasteiger partial charge is 0.381 e. The van der Waals surface area contributed by atoms with Gasteiger partial charge in [0.15, 0.2) is 0 Å². The summed E-state index contributed by atoms with van der Waals surface area (Å²) in [6, 6.07) is 0.364. The summed E-state index contributed by atoms with van der Waals surface area (Å²) in [5, 5.41) is 12.4. The molecule has 118 valence electrons. The lowest BCUT2D eigenvalue weighted by Gasteiger charge is -2.49.